The second kappa shape index (κ2) is 6.53. The molecule has 134 valence electrons. The Morgan fingerprint density at radius 3 is 2.12 bits per heavy atom. The van der Waals surface area contributed by atoms with Gasteiger partial charge in [0.05, 0.1) is 4.92 Å². The summed E-state index contributed by atoms with van der Waals surface area (Å²) in [4.78, 5) is 21.3. The van der Waals surface area contributed by atoms with Crippen LogP contribution in [0.4, 0.5) is 42.5 Å². The van der Waals surface area contributed by atoms with Gasteiger partial charge in [-0.25, -0.2) is 4.79 Å². The van der Waals surface area contributed by atoms with Crippen LogP contribution in [0, 0.1) is 10.1 Å². The predicted molar refractivity (Wildman–Crippen MR) is 70.4 cm³/mol. The number of anilines is 1. The van der Waals surface area contributed by atoms with Gasteiger partial charge in [-0.3, -0.25) is 10.1 Å². The number of hydrogen-bond acceptors (Lipinski definition) is 3. The van der Waals surface area contributed by atoms with Crippen LogP contribution in [0.2, 0.25) is 0 Å². The van der Waals surface area contributed by atoms with E-state index in [1.165, 1.54) is 0 Å². The minimum atomic E-state index is -5.79. The Labute approximate surface area is 131 Å². The Bertz CT molecular complexity index is 615. The Morgan fingerprint density at radius 2 is 1.71 bits per heavy atom. The second-order valence-electron chi connectivity index (χ2n) is 4.64. The molecule has 0 aliphatic heterocycles. The number of carbonyl (C=O) groups excluding carboxylic acids is 1. The molecule has 0 fully saturated rings. The predicted octanol–water partition coefficient (Wildman–Crippen LogP) is 3.99. The molecule has 1 aromatic carbocycles. The van der Waals surface area contributed by atoms with E-state index >= 15 is 0 Å². The van der Waals surface area contributed by atoms with Crippen LogP contribution >= 0.6 is 0 Å². The lowest BCUT2D eigenvalue weighted by Crippen LogP contribution is -2.67. The summed E-state index contributed by atoms with van der Waals surface area (Å²) in [6.45, 7) is 0.620. The highest BCUT2D eigenvalue weighted by Gasteiger charge is 2.70. The van der Waals surface area contributed by atoms with E-state index in [-0.39, 0.29) is 5.69 Å². The number of benzene rings is 1. The zero-order chi connectivity index (χ0) is 18.8. The Kier molecular flexibility index (Phi) is 5.31. The van der Waals surface area contributed by atoms with Gasteiger partial charge in [0.25, 0.3) is 5.69 Å². The molecule has 0 radical (unpaired) electrons. The number of non-ortho nitro benzene ring substituents is 1. The molecule has 0 bridgehead atoms. The van der Waals surface area contributed by atoms with Crippen molar-refractivity contribution in [3.8, 4) is 0 Å². The summed E-state index contributed by atoms with van der Waals surface area (Å²) in [7, 11) is 0. The van der Waals surface area contributed by atoms with E-state index in [1.54, 1.807) is 5.32 Å². The van der Waals surface area contributed by atoms with E-state index in [1.807, 2.05) is 0 Å². The maximum absolute atomic E-state index is 12.9. The molecular weight excluding hydrogens is 348 g/mol. The largest absolute Gasteiger partial charge is 0.420 e. The van der Waals surface area contributed by atoms with Crippen molar-refractivity contribution < 1.29 is 36.1 Å². The van der Waals surface area contributed by atoms with Gasteiger partial charge in [-0.05, 0) is 12.5 Å². The van der Waals surface area contributed by atoms with E-state index in [4.69, 9.17) is 0 Å². The first-order valence-corrected chi connectivity index (χ1v) is 6.31. The summed E-state index contributed by atoms with van der Waals surface area (Å²) in [5.74, 6) is 0. The molecule has 0 spiro atoms. The highest BCUT2D eigenvalue weighted by atomic mass is 19.4. The number of hydrogen-bond donors (Lipinski definition) is 2. The molecule has 0 aliphatic rings. The maximum atomic E-state index is 12.9. The van der Waals surface area contributed by atoms with E-state index in [0.29, 0.717) is 6.92 Å². The molecular formula is C12H11F6N3O3. The van der Waals surface area contributed by atoms with Crippen LogP contribution in [0.1, 0.15) is 13.3 Å². The fourth-order valence-corrected chi connectivity index (χ4v) is 1.85. The van der Waals surface area contributed by atoms with Gasteiger partial charge in [0.2, 0.25) is 5.54 Å². The Morgan fingerprint density at radius 1 is 1.17 bits per heavy atom. The smallest absolute Gasteiger partial charge is 0.316 e. The SMILES string of the molecule is CCC(NC(=O)Nc1cccc([N+](=O)[O-])c1)(C(F)(F)F)C(F)(F)F. The number of nitro groups is 1. The monoisotopic (exact) mass is 359 g/mol. The molecule has 12 heteroatoms. The number of alkyl halides is 6. The number of carbonyl (C=O) groups is 1. The quantitative estimate of drug-likeness (QED) is 0.484. The number of rotatable bonds is 4. The average molecular weight is 359 g/mol. The van der Waals surface area contributed by atoms with Crippen LogP contribution in [-0.4, -0.2) is 28.8 Å². The fraction of sp³-hybridized carbons (Fsp3) is 0.417. The molecule has 1 rings (SSSR count). The molecule has 0 atom stereocenters. The van der Waals surface area contributed by atoms with Crippen LogP contribution in [0.15, 0.2) is 24.3 Å². The van der Waals surface area contributed by atoms with Crippen LogP contribution in [-0.2, 0) is 0 Å². The number of nitro benzene ring substituents is 1. The van der Waals surface area contributed by atoms with Crippen molar-refractivity contribution in [3.63, 3.8) is 0 Å². The summed E-state index contributed by atoms with van der Waals surface area (Å²) in [6.07, 6.45) is -13.1. The highest BCUT2D eigenvalue weighted by molar-refractivity contribution is 5.90. The van der Waals surface area contributed by atoms with Crippen LogP contribution in [0.5, 0.6) is 0 Å². The molecule has 0 heterocycles. The van der Waals surface area contributed by atoms with Gasteiger partial charge in [-0.2, -0.15) is 26.3 Å². The van der Waals surface area contributed by atoms with Gasteiger partial charge in [-0.1, -0.05) is 13.0 Å². The molecule has 0 aromatic heterocycles. The molecule has 0 aliphatic carbocycles. The Balaban J connectivity index is 3.06. The summed E-state index contributed by atoms with van der Waals surface area (Å²) >= 11 is 0. The highest BCUT2D eigenvalue weighted by Crippen LogP contribution is 2.45. The fourth-order valence-electron chi connectivity index (χ4n) is 1.85. The van der Waals surface area contributed by atoms with Crippen molar-refractivity contribution in [2.24, 2.45) is 0 Å². The summed E-state index contributed by atoms with van der Waals surface area (Å²) < 4.78 is 77.3. The third kappa shape index (κ3) is 3.86. The lowest BCUT2D eigenvalue weighted by molar-refractivity contribution is -0.384. The summed E-state index contributed by atoms with van der Waals surface area (Å²) in [6, 6.07) is 2.20. The molecule has 1 aromatic rings. The van der Waals surface area contributed by atoms with Crippen molar-refractivity contribution in [1.82, 2.24) is 5.32 Å². The van der Waals surface area contributed by atoms with Crippen molar-refractivity contribution in [3.05, 3.63) is 34.4 Å². The molecule has 2 amide bonds. The van der Waals surface area contributed by atoms with Crippen LogP contribution < -0.4 is 10.6 Å². The van der Waals surface area contributed by atoms with E-state index in [2.05, 4.69) is 0 Å². The number of urea groups is 1. The third-order valence-corrected chi connectivity index (χ3v) is 3.14. The van der Waals surface area contributed by atoms with Crippen molar-refractivity contribution in [2.45, 2.75) is 31.2 Å². The normalized spacial score (nSPS) is 12.6. The summed E-state index contributed by atoms with van der Waals surface area (Å²) in [5, 5.41) is 13.2. The van der Waals surface area contributed by atoms with E-state index in [9.17, 15) is 41.3 Å². The van der Waals surface area contributed by atoms with Gasteiger partial charge >= 0.3 is 18.4 Å². The van der Waals surface area contributed by atoms with Gasteiger partial charge in [0.1, 0.15) is 0 Å². The third-order valence-electron chi connectivity index (χ3n) is 3.14. The van der Waals surface area contributed by atoms with Crippen LogP contribution in [0.3, 0.4) is 0 Å². The first-order chi connectivity index (χ1) is 10.8. The lowest BCUT2D eigenvalue weighted by Gasteiger charge is -2.37. The topological polar surface area (TPSA) is 84.3 Å². The van der Waals surface area contributed by atoms with Gasteiger partial charge in [0, 0.05) is 17.8 Å². The molecule has 0 saturated heterocycles. The number of halogens is 6. The standard InChI is InChI=1S/C12H11F6N3O3/c1-2-10(11(13,14)15,12(16,17)18)20-9(22)19-7-4-3-5-8(6-7)21(23)24/h3-6H,2H2,1H3,(H2,19,20,22). The zero-order valence-electron chi connectivity index (χ0n) is 12.0. The van der Waals surface area contributed by atoms with Crippen LogP contribution in [0.25, 0.3) is 0 Å². The van der Waals surface area contributed by atoms with E-state index < -0.39 is 41.0 Å². The maximum Gasteiger partial charge on any atom is 0.420 e. The first kappa shape index (κ1) is 19.5. The number of amides is 2. The molecule has 0 saturated carbocycles. The van der Waals surface area contributed by atoms with Gasteiger partial charge in [0.15, 0.2) is 0 Å². The van der Waals surface area contributed by atoms with Crippen molar-refractivity contribution >= 4 is 17.4 Å². The second-order valence-corrected chi connectivity index (χ2v) is 4.64. The van der Waals surface area contributed by atoms with Gasteiger partial charge < -0.3 is 10.6 Å². The van der Waals surface area contributed by atoms with Crippen molar-refractivity contribution in [1.29, 1.82) is 0 Å². The minimum Gasteiger partial charge on any atom is -0.316 e. The molecule has 6 nitrogen and oxygen atoms in total. The average Bonchev–Trinajstić information content (AvgIpc) is 2.42. The number of nitrogens with one attached hydrogen (secondary N) is 2. The zero-order valence-corrected chi connectivity index (χ0v) is 12.0. The summed E-state index contributed by atoms with van der Waals surface area (Å²) in [5.41, 5.74) is -5.28. The van der Waals surface area contributed by atoms with Gasteiger partial charge in [-0.15, -0.1) is 0 Å². The van der Waals surface area contributed by atoms with E-state index in [0.717, 1.165) is 29.6 Å². The molecule has 24 heavy (non-hydrogen) atoms. The number of nitrogens with zero attached hydrogens (tertiary/aromatic N) is 1. The molecule has 2 N–H and O–H groups in total. The first-order valence-electron chi connectivity index (χ1n) is 6.31. The molecule has 0 unspecified atom stereocenters. The lowest BCUT2D eigenvalue weighted by atomic mass is 9.94. The Hall–Kier alpha value is -2.53. The minimum absolute atomic E-state index is 0.337. The van der Waals surface area contributed by atoms with Crippen molar-refractivity contribution in [2.75, 3.05) is 5.32 Å².